The number of aliphatic carboxylic acids is 1. The van der Waals surface area contributed by atoms with Crippen LogP contribution in [0.4, 0.5) is 0 Å². The first-order valence-corrected chi connectivity index (χ1v) is 8.93. The van der Waals surface area contributed by atoms with Crippen LogP contribution in [0.25, 0.3) is 0 Å². The molecule has 0 bridgehead atoms. The summed E-state index contributed by atoms with van der Waals surface area (Å²) in [5.41, 5.74) is 2.32. The quantitative estimate of drug-likeness (QED) is 0.865. The lowest BCUT2D eigenvalue weighted by atomic mass is 9.91. The highest BCUT2D eigenvalue weighted by Crippen LogP contribution is 2.34. The number of hydrogen-bond donors (Lipinski definition) is 1. The Bertz CT molecular complexity index is 701. The molecule has 0 amide bonds. The Morgan fingerprint density at radius 1 is 1.20 bits per heavy atom. The lowest BCUT2D eigenvalue weighted by Crippen LogP contribution is -2.41. The van der Waals surface area contributed by atoms with Crippen LogP contribution in [0.15, 0.2) is 54.6 Å². The number of ether oxygens (including phenoxy) is 1. The number of rotatable bonds is 6. The summed E-state index contributed by atoms with van der Waals surface area (Å²) < 4.78 is 5.67. The van der Waals surface area contributed by atoms with Gasteiger partial charge in [0.1, 0.15) is 5.75 Å². The number of nitrogens with zero attached hydrogens (tertiary/aromatic N) is 1. The van der Waals surface area contributed by atoms with Gasteiger partial charge in [-0.05, 0) is 49.6 Å². The minimum atomic E-state index is -0.695. The van der Waals surface area contributed by atoms with Crippen LogP contribution in [0.3, 0.4) is 0 Å². The van der Waals surface area contributed by atoms with Gasteiger partial charge in [-0.3, -0.25) is 9.69 Å². The third-order valence-electron chi connectivity index (χ3n) is 4.77. The first-order chi connectivity index (χ1) is 12.2. The fraction of sp³-hybridized carbons (Fsp3) is 0.381. The second-order valence-corrected chi connectivity index (χ2v) is 6.49. The summed E-state index contributed by atoms with van der Waals surface area (Å²) in [6, 6.07) is 18.5. The summed E-state index contributed by atoms with van der Waals surface area (Å²) in [7, 11) is 0. The molecule has 0 aromatic heterocycles. The van der Waals surface area contributed by atoms with Crippen molar-refractivity contribution in [1.82, 2.24) is 4.90 Å². The van der Waals surface area contributed by atoms with Gasteiger partial charge in [0.05, 0.1) is 18.6 Å². The van der Waals surface area contributed by atoms with Crippen molar-refractivity contribution < 1.29 is 14.6 Å². The molecule has 3 rings (SSSR count). The number of benzene rings is 2. The van der Waals surface area contributed by atoms with E-state index in [0.717, 1.165) is 30.7 Å². The van der Waals surface area contributed by atoms with E-state index in [1.807, 2.05) is 37.3 Å². The van der Waals surface area contributed by atoms with E-state index in [4.69, 9.17) is 4.74 Å². The molecule has 132 valence electrons. The SMILES string of the molecule is CCOc1cccc(C(c2ccccc2)N2CCCC(C(=O)O)C2)c1. The van der Waals surface area contributed by atoms with Gasteiger partial charge in [-0.2, -0.15) is 0 Å². The summed E-state index contributed by atoms with van der Waals surface area (Å²) in [6.45, 7) is 4.09. The Hall–Kier alpha value is -2.33. The number of hydrogen-bond acceptors (Lipinski definition) is 3. The van der Waals surface area contributed by atoms with Gasteiger partial charge in [0.2, 0.25) is 0 Å². The third kappa shape index (κ3) is 4.20. The van der Waals surface area contributed by atoms with E-state index < -0.39 is 5.97 Å². The van der Waals surface area contributed by atoms with E-state index in [9.17, 15) is 9.90 Å². The number of carboxylic acids is 1. The minimum Gasteiger partial charge on any atom is -0.494 e. The molecular formula is C21H25NO3. The number of piperidine rings is 1. The van der Waals surface area contributed by atoms with Crippen molar-refractivity contribution in [3.63, 3.8) is 0 Å². The average molecular weight is 339 g/mol. The largest absolute Gasteiger partial charge is 0.494 e. The molecule has 4 nitrogen and oxygen atoms in total. The van der Waals surface area contributed by atoms with Gasteiger partial charge in [0.25, 0.3) is 0 Å². The predicted molar refractivity (Wildman–Crippen MR) is 97.8 cm³/mol. The fourth-order valence-electron chi connectivity index (χ4n) is 3.63. The summed E-state index contributed by atoms with van der Waals surface area (Å²) in [5.74, 6) is -0.137. The van der Waals surface area contributed by atoms with Gasteiger partial charge in [-0.1, -0.05) is 42.5 Å². The van der Waals surface area contributed by atoms with E-state index >= 15 is 0 Å². The Morgan fingerprint density at radius 2 is 1.96 bits per heavy atom. The van der Waals surface area contributed by atoms with Crippen molar-refractivity contribution in [2.45, 2.75) is 25.8 Å². The highest BCUT2D eigenvalue weighted by molar-refractivity contribution is 5.70. The van der Waals surface area contributed by atoms with Crippen LogP contribution in [0.2, 0.25) is 0 Å². The van der Waals surface area contributed by atoms with Crippen LogP contribution in [-0.4, -0.2) is 35.7 Å². The molecule has 2 aromatic rings. The van der Waals surface area contributed by atoms with E-state index in [1.165, 1.54) is 5.56 Å². The molecule has 2 atom stereocenters. The van der Waals surface area contributed by atoms with Crippen molar-refractivity contribution >= 4 is 5.97 Å². The van der Waals surface area contributed by atoms with Crippen LogP contribution in [0, 0.1) is 5.92 Å². The summed E-state index contributed by atoms with van der Waals surface area (Å²) >= 11 is 0. The molecule has 1 heterocycles. The molecule has 1 N–H and O–H groups in total. The molecule has 1 saturated heterocycles. The molecule has 0 radical (unpaired) electrons. The highest BCUT2D eigenvalue weighted by Gasteiger charge is 2.31. The van der Waals surface area contributed by atoms with Gasteiger partial charge in [-0.15, -0.1) is 0 Å². The van der Waals surface area contributed by atoms with E-state index in [0.29, 0.717) is 13.2 Å². The van der Waals surface area contributed by atoms with Crippen LogP contribution < -0.4 is 4.74 Å². The van der Waals surface area contributed by atoms with Crippen molar-refractivity contribution in [3.8, 4) is 5.75 Å². The molecule has 1 fully saturated rings. The lowest BCUT2D eigenvalue weighted by Gasteiger charge is -2.37. The molecule has 1 aliphatic rings. The lowest BCUT2D eigenvalue weighted by molar-refractivity contribution is -0.143. The maximum absolute atomic E-state index is 11.5. The minimum absolute atomic E-state index is 0.0451. The molecule has 0 aliphatic carbocycles. The molecular weight excluding hydrogens is 314 g/mol. The zero-order valence-corrected chi connectivity index (χ0v) is 14.6. The number of likely N-dealkylation sites (tertiary alicyclic amines) is 1. The Balaban J connectivity index is 1.96. The second-order valence-electron chi connectivity index (χ2n) is 6.49. The predicted octanol–water partition coefficient (Wildman–Crippen LogP) is 3.97. The first-order valence-electron chi connectivity index (χ1n) is 8.93. The van der Waals surface area contributed by atoms with Gasteiger partial charge < -0.3 is 9.84 Å². The summed E-state index contributed by atoms with van der Waals surface area (Å²) in [6.07, 6.45) is 1.66. The number of carbonyl (C=O) groups is 1. The van der Waals surface area contributed by atoms with Crippen LogP contribution in [0.5, 0.6) is 5.75 Å². The fourth-order valence-corrected chi connectivity index (χ4v) is 3.63. The van der Waals surface area contributed by atoms with Gasteiger partial charge in [0, 0.05) is 6.54 Å². The smallest absolute Gasteiger partial charge is 0.307 e. The van der Waals surface area contributed by atoms with Crippen LogP contribution >= 0.6 is 0 Å². The standard InChI is InChI=1S/C21H25NO3/c1-2-25-19-12-6-10-17(14-19)20(16-8-4-3-5-9-16)22-13-7-11-18(15-22)21(23)24/h3-6,8-10,12,14,18,20H,2,7,11,13,15H2,1H3,(H,23,24). The Morgan fingerprint density at radius 3 is 2.68 bits per heavy atom. The van der Waals surface area contributed by atoms with E-state index in [1.54, 1.807) is 0 Å². The first kappa shape index (κ1) is 17.5. The van der Waals surface area contributed by atoms with Gasteiger partial charge >= 0.3 is 5.97 Å². The molecule has 4 heteroatoms. The highest BCUT2D eigenvalue weighted by atomic mass is 16.5. The molecule has 1 aliphatic heterocycles. The molecule has 0 spiro atoms. The monoisotopic (exact) mass is 339 g/mol. The van der Waals surface area contributed by atoms with E-state index in [-0.39, 0.29) is 12.0 Å². The van der Waals surface area contributed by atoms with E-state index in [2.05, 4.69) is 29.2 Å². The molecule has 2 aromatic carbocycles. The summed E-state index contributed by atoms with van der Waals surface area (Å²) in [5, 5.41) is 9.45. The second kappa shape index (κ2) is 8.17. The molecule has 2 unspecified atom stereocenters. The average Bonchev–Trinajstić information content (AvgIpc) is 2.64. The Labute approximate surface area is 149 Å². The molecule has 25 heavy (non-hydrogen) atoms. The Kier molecular flexibility index (Phi) is 5.71. The third-order valence-corrected chi connectivity index (χ3v) is 4.77. The van der Waals surface area contributed by atoms with Crippen LogP contribution in [0.1, 0.15) is 36.9 Å². The molecule has 0 saturated carbocycles. The maximum Gasteiger partial charge on any atom is 0.307 e. The van der Waals surface area contributed by atoms with Gasteiger partial charge in [-0.25, -0.2) is 0 Å². The van der Waals surface area contributed by atoms with Crippen molar-refractivity contribution in [2.24, 2.45) is 5.92 Å². The van der Waals surface area contributed by atoms with Crippen molar-refractivity contribution in [1.29, 1.82) is 0 Å². The normalized spacial score (nSPS) is 19.3. The zero-order valence-electron chi connectivity index (χ0n) is 14.6. The van der Waals surface area contributed by atoms with Crippen molar-refractivity contribution in [3.05, 3.63) is 65.7 Å². The number of carboxylic acid groups (broad SMARTS) is 1. The van der Waals surface area contributed by atoms with Crippen LogP contribution in [-0.2, 0) is 4.79 Å². The maximum atomic E-state index is 11.5. The summed E-state index contributed by atoms with van der Waals surface area (Å²) in [4.78, 5) is 13.8. The zero-order chi connectivity index (χ0) is 17.6. The van der Waals surface area contributed by atoms with Gasteiger partial charge in [0.15, 0.2) is 0 Å². The van der Waals surface area contributed by atoms with Crippen molar-refractivity contribution in [2.75, 3.05) is 19.7 Å². The topological polar surface area (TPSA) is 49.8 Å².